The van der Waals surface area contributed by atoms with E-state index in [2.05, 4.69) is 31.0 Å². The van der Waals surface area contributed by atoms with Crippen molar-refractivity contribution in [2.45, 2.75) is 40.0 Å². The fraction of sp³-hybridized carbons (Fsp3) is 0.944. The summed E-state index contributed by atoms with van der Waals surface area (Å²) < 4.78 is 11.1. The van der Waals surface area contributed by atoms with Crippen molar-refractivity contribution in [3.8, 4) is 0 Å². The van der Waals surface area contributed by atoms with Gasteiger partial charge < -0.3 is 19.7 Å². The van der Waals surface area contributed by atoms with Crippen molar-refractivity contribution < 1.29 is 9.47 Å². The molecule has 2 rings (SSSR count). The number of ether oxygens (including phenoxy) is 2. The molecule has 0 spiro atoms. The number of nitrogens with zero attached hydrogens (tertiary/aromatic N) is 2. The molecule has 2 saturated heterocycles. The van der Waals surface area contributed by atoms with Gasteiger partial charge in [0.2, 0.25) is 0 Å². The lowest BCUT2D eigenvalue weighted by Gasteiger charge is -2.37. The summed E-state index contributed by atoms with van der Waals surface area (Å²) in [5.74, 6) is 3.18. The Morgan fingerprint density at radius 2 is 2.04 bits per heavy atom. The summed E-state index contributed by atoms with van der Waals surface area (Å²) in [6, 6.07) is 0. The van der Waals surface area contributed by atoms with E-state index in [0.717, 1.165) is 83.2 Å². The van der Waals surface area contributed by atoms with Gasteiger partial charge in [-0.1, -0.05) is 13.8 Å². The minimum Gasteiger partial charge on any atom is -0.381 e. The van der Waals surface area contributed by atoms with Crippen LogP contribution in [0.4, 0.5) is 0 Å². The first-order valence-electron chi connectivity index (χ1n) is 9.37. The van der Waals surface area contributed by atoms with Crippen LogP contribution in [0.1, 0.15) is 40.0 Å². The van der Waals surface area contributed by atoms with Gasteiger partial charge in [-0.3, -0.25) is 4.99 Å². The first kappa shape index (κ1) is 22.0. The van der Waals surface area contributed by atoms with Crippen LogP contribution in [0.15, 0.2) is 4.99 Å². The average Bonchev–Trinajstić information content (AvgIpc) is 3.02. The van der Waals surface area contributed by atoms with E-state index in [-0.39, 0.29) is 24.0 Å². The third-order valence-electron chi connectivity index (χ3n) is 4.59. The minimum atomic E-state index is 0. The van der Waals surface area contributed by atoms with Crippen molar-refractivity contribution in [1.29, 1.82) is 0 Å². The van der Waals surface area contributed by atoms with Crippen LogP contribution in [0.3, 0.4) is 0 Å². The van der Waals surface area contributed by atoms with Crippen LogP contribution < -0.4 is 5.32 Å². The SMILES string of the molecule is CCNC(=NCCCOCC1CCOC1)N1CC(C)CC(C)C1.I. The van der Waals surface area contributed by atoms with E-state index in [1.165, 1.54) is 6.42 Å². The van der Waals surface area contributed by atoms with E-state index in [0.29, 0.717) is 5.92 Å². The molecule has 1 N–H and O–H groups in total. The number of nitrogens with one attached hydrogen (secondary N) is 1. The van der Waals surface area contributed by atoms with Gasteiger partial charge in [0.15, 0.2) is 5.96 Å². The Kier molecular flexibility index (Phi) is 11.3. The van der Waals surface area contributed by atoms with Crippen LogP contribution in [0.25, 0.3) is 0 Å². The first-order valence-corrected chi connectivity index (χ1v) is 9.37. The van der Waals surface area contributed by atoms with Crippen molar-refractivity contribution in [3.05, 3.63) is 0 Å². The van der Waals surface area contributed by atoms with E-state index >= 15 is 0 Å². The molecule has 0 aliphatic carbocycles. The molecule has 0 amide bonds. The van der Waals surface area contributed by atoms with E-state index in [1.807, 2.05) is 0 Å². The Hall–Kier alpha value is -0.0800. The van der Waals surface area contributed by atoms with Gasteiger partial charge in [0.25, 0.3) is 0 Å². The van der Waals surface area contributed by atoms with Crippen LogP contribution in [0, 0.1) is 17.8 Å². The molecule has 2 aliphatic rings. The zero-order chi connectivity index (χ0) is 16.5. The second-order valence-electron chi connectivity index (χ2n) is 7.24. The highest BCUT2D eigenvalue weighted by molar-refractivity contribution is 14.0. The maximum atomic E-state index is 5.76. The Labute approximate surface area is 165 Å². The van der Waals surface area contributed by atoms with E-state index in [4.69, 9.17) is 14.5 Å². The Bertz CT molecular complexity index is 352. The lowest BCUT2D eigenvalue weighted by atomic mass is 9.92. The zero-order valence-corrected chi connectivity index (χ0v) is 18.0. The molecule has 0 saturated carbocycles. The summed E-state index contributed by atoms with van der Waals surface area (Å²) in [6.07, 6.45) is 3.46. The molecule has 0 radical (unpaired) electrons. The molecule has 2 aliphatic heterocycles. The van der Waals surface area contributed by atoms with Crippen molar-refractivity contribution in [1.82, 2.24) is 10.2 Å². The number of guanidine groups is 1. The second kappa shape index (κ2) is 12.3. The van der Waals surface area contributed by atoms with Crippen LogP contribution >= 0.6 is 24.0 Å². The monoisotopic (exact) mass is 453 g/mol. The Balaban J connectivity index is 0.00000288. The number of hydrogen-bond acceptors (Lipinski definition) is 3. The lowest BCUT2D eigenvalue weighted by Crippen LogP contribution is -2.48. The molecule has 0 aromatic heterocycles. The van der Waals surface area contributed by atoms with Crippen LogP contribution in [-0.4, -0.2) is 63.5 Å². The predicted molar refractivity (Wildman–Crippen MR) is 110 cm³/mol. The third-order valence-corrected chi connectivity index (χ3v) is 4.59. The normalized spacial score (nSPS) is 27.9. The van der Waals surface area contributed by atoms with Gasteiger partial charge in [-0.25, -0.2) is 0 Å². The molecular weight excluding hydrogens is 417 g/mol. The number of rotatable bonds is 7. The largest absolute Gasteiger partial charge is 0.381 e. The van der Waals surface area contributed by atoms with Gasteiger partial charge >= 0.3 is 0 Å². The highest BCUT2D eigenvalue weighted by Crippen LogP contribution is 2.20. The van der Waals surface area contributed by atoms with Gasteiger partial charge in [-0.2, -0.15) is 0 Å². The number of aliphatic imine (C=N–C) groups is 1. The summed E-state index contributed by atoms with van der Waals surface area (Å²) in [6.45, 7) is 14.2. The third kappa shape index (κ3) is 7.87. The molecule has 0 bridgehead atoms. The van der Waals surface area contributed by atoms with Crippen molar-refractivity contribution in [2.75, 3.05) is 52.6 Å². The molecule has 6 heteroatoms. The number of hydrogen-bond donors (Lipinski definition) is 1. The number of halogens is 1. The quantitative estimate of drug-likeness (QED) is 0.279. The Morgan fingerprint density at radius 3 is 2.67 bits per heavy atom. The van der Waals surface area contributed by atoms with Crippen LogP contribution in [0.2, 0.25) is 0 Å². The fourth-order valence-corrected chi connectivity index (χ4v) is 3.58. The Morgan fingerprint density at radius 1 is 1.29 bits per heavy atom. The highest BCUT2D eigenvalue weighted by Gasteiger charge is 2.23. The first-order chi connectivity index (χ1) is 11.2. The zero-order valence-electron chi connectivity index (χ0n) is 15.6. The summed E-state index contributed by atoms with van der Waals surface area (Å²) in [5.41, 5.74) is 0. The molecule has 2 heterocycles. The molecule has 24 heavy (non-hydrogen) atoms. The van der Waals surface area contributed by atoms with Gasteiger partial charge in [0, 0.05) is 45.3 Å². The molecule has 5 nitrogen and oxygen atoms in total. The highest BCUT2D eigenvalue weighted by atomic mass is 127. The summed E-state index contributed by atoms with van der Waals surface area (Å²) in [5, 5.41) is 3.45. The van der Waals surface area contributed by atoms with E-state index in [9.17, 15) is 0 Å². The predicted octanol–water partition coefficient (Wildman–Crippen LogP) is 2.99. The fourth-order valence-electron chi connectivity index (χ4n) is 3.58. The summed E-state index contributed by atoms with van der Waals surface area (Å²) >= 11 is 0. The van der Waals surface area contributed by atoms with Gasteiger partial charge in [0.05, 0.1) is 13.2 Å². The lowest BCUT2D eigenvalue weighted by molar-refractivity contribution is 0.0892. The molecule has 2 fully saturated rings. The van der Waals surface area contributed by atoms with Crippen LogP contribution in [0.5, 0.6) is 0 Å². The van der Waals surface area contributed by atoms with Gasteiger partial charge in [-0.05, 0) is 38.0 Å². The van der Waals surface area contributed by atoms with E-state index < -0.39 is 0 Å². The average molecular weight is 453 g/mol. The topological polar surface area (TPSA) is 46.1 Å². The molecule has 142 valence electrons. The number of likely N-dealkylation sites (tertiary alicyclic amines) is 1. The summed E-state index contributed by atoms with van der Waals surface area (Å²) in [4.78, 5) is 7.23. The molecule has 3 unspecified atom stereocenters. The molecule has 3 atom stereocenters. The van der Waals surface area contributed by atoms with E-state index in [1.54, 1.807) is 0 Å². The smallest absolute Gasteiger partial charge is 0.193 e. The molecular formula is C18H36IN3O2. The van der Waals surface area contributed by atoms with Crippen molar-refractivity contribution >= 4 is 29.9 Å². The van der Waals surface area contributed by atoms with Crippen molar-refractivity contribution in [3.63, 3.8) is 0 Å². The second-order valence-corrected chi connectivity index (χ2v) is 7.24. The maximum absolute atomic E-state index is 5.76. The number of piperidine rings is 1. The van der Waals surface area contributed by atoms with Gasteiger partial charge in [-0.15, -0.1) is 24.0 Å². The van der Waals surface area contributed by atoms with Gasteiger partial charge in [0.1, 0.15) is 0 Å². The summed E-state index contributed by atoms with van der Waals surface area (Å²) in [7, 11) is 0. The molecule has 0 aromatic carbocycles. The van der Waals surface area contributed by atoms with Crippen molar-refractivity contribution in [2.24, 2.45) is 22.7 Å². The van der Waals surface area contributed by atoms with Crippen LogP contribution in [-0.2, 0) is 9.47 Å². The maximum Gasteiger partial charge on any atom is 0.193 e. The minimum absolute atomic E-state index is 0. The standard InChI is InChI=1S/C18H35N3O2.HI/c1-4-19-18(21-11-15(2)10-16(3)12-21)20-7-5-8-22-13-17-6-9-23-14-17;/h15-17H,4-14H2,1-3H3,(H,19,20);1H. The molecule has 0 aromatic rings.